The van der Waals surface area contributed by atoms with Crippen molar-refractivity contribution in [3.05, 3.63) is 30.3 Å². The zero-order valence-electron chi connectivity index (χ0n) is 11.4. The van der Waals surface area contributed by atoms with E-state index in [1.54, 1.807) is 0 Å². The molecule has 0 N–H and O–H groups in total. The van der Waals surface area contributed by atoms with Gasteiger partial charge in [0.15, 0.2) is 0 Å². The average Bonchev–Trinajstić information content (AvgIpc) is 3.16. The average molecular weight is 368 g/mol. The van der Waals surface area contributed by atoms with Gasteiger partial charge in [-0.25, -0.2) is 0 Å². The second-order valence-corrected chi connectivity index (χ2v) is 14.3. The number of halogens is 4. The zero-order valence-corrected chi connectivity index (χ0v) is 15.4. The SMILES string of the molecule is C[Si](CC1CC1(Cl)Cl)(CC1CC1(Cl)Cl)c1ccccc1. The van der Waals surface area contributed by atoms with Crippen molar-refractivity contribution in [1.82, 2.24) is 0 Å². The summed E-state index contributed by atoms with van der Waals surface area (Å²) < 4.78 is -0.989. The van der Waals surface area contributed by atoms with Crippen molar-refractivity contribution >= 4 is 59.7 Å². The molecule has 0 nitrogen and oxygen atoms in total. The fraction of sp³-hybridized carbons (Fsp3) is 0.600. The molecule has 2 aliphatic rings. The first-order valence-electron chi connectivity index (χ1n) is 7.04. The highest BCUT2D eigenvalue weighted by atomic mass is 35.5. The molecule has 0 aromatic heterocycles. The molecule has 2 aliphatic carbocycles. The van der Waals surface area contributed by atoms with Gasteiger partial charge in [0.05, 0.1) is 8.07 Å². The third kappa shape index (κ3) is 3.17. The first-order valence-corrected chi connectivity index (χ1v) is 11.5. The predicted octanol–water partition coefficient (Wildman–Crippen LogP) is 5.36. The monoisotopic (exact) mass is 366 g/mol. The van der Waals surface area contributed by atoms with Crippen molar-refractivity contribution in [2.24, 2.45) is 11.8 Å². The molecular formula is C15H18Cl4Si. The molecule has 1 aromatic rings. The zero-order chi connectivity index (χ0) is 14.6. The summed E-state index contributed by atoms with van der Waals surface area (Å²) in [4.78, 5) is 0. The Balaban J connectivity index is 1.79. The molecule has 0 radical (unpaired) electrons. The first kappa shape index (κ1) is 15.5. The molecule has 20 heavy (non-hydrogen) atoms. The van der Waals surface area contributed by atoms with Crippen LogP contribution in [0.3, 0.4) is 0 Å². The third-order valence-corrected chi connectivity index (χ3v) is 11.1. The van der Waals surface area contributed by atoms with Crippen molar-refractivity contribution in [2.45, 2.75) is 40.1 Å². The predicted molar refractivity (Wildman–Crippen MR) is 92.4 cm³/mol. The van der Waals surface area contributed by atoms with E-state index in [1.807, 2.05) is 0 Å². The Morgan fingerprint density at radius 1 is 0.950 bits per heavy atom. The highest BCUT2D eigenvalue weighted by molar-refractivity contribution is 6.91. The highest BCUT2D eigenvalue weighted by Crippen LogP contribution is 2.60. The van der Waals surface area contributed by atoms with Crippen molar-refractivity contribution in [1.29, 1.82) is 0 Å². The summed E-state index contributed by atoms with van der Waals surface area (Å²) in [6, 6.07) is 13.0. The summed E-state index contributed by atoms with van der Waals surface area (Å²) in [6.07, 6.45) is 1.84. The van der Waals surface area contributed by atoms with Crippen LogP contribution in [-0.2, 0) is 0 Å². The van der Waals surface area contributed by atoms with Gasteiger partial charge in [0.25, 0.3) is 0 Å². The number of hydrogen-bond donors (Lipinski definition) is 0. The van der Waals surface area contributed by atoms with E-state index in [1.165, 1.54) is 5.19 Å². The molecule has 2 saturated carbocycles. The normalized spacial score (nSPS) is 32.5. The smallest absolute Gasteiger partial charge is 0.101 e. The first-order chi connectivity index (χ1) is 9.23. The molecule has 0 amide bonds. The van der Waals surface area contributed by atoms with Gasteiger partial charge in [0.1, 0.15) is 8.67 Å². The maximum Gasteiger partial charge on any atom is 0.121 e. The molecule has 0 aliphatic heterocycles. The Labute approximate surface area is 141 Å². The minimum atomic E-state index is -1.64. The topological polar surface area (TPSA) is 0 Å². The Kier molecular flexibility index (Phi) is 3.92. The second kappa shape index (κ2) is 5.06. The van der Waals surface area contributed by atoms with Gasteiger partial charge in [-0.2, -0.15) is 0 Å². The van der Waals surface area contributed by atoms with Gasteiger partial charge in [0.2, 0.25) is 0 Å². The van der Waals surface area contributed by atoms with Gasteiger partial charge in [-0.1, -0.05) is 42.1 Å². The Hall–Kier alpha value is 0.597. The molecule has 2 unspecified atom stereocenters. The summed E-state index contributed by atoms with van der Waals surface area (Å²) in [6.45, 7) is 2.42. The van der Waals surface area contributed by atoms with Crippen LogP contribution < -0.4 is 5.19 Å². The van der Waals surface area contributed by atoms with E-state index in [4.69, 9.17) is 46.4 Å². The van der Waals surface area contributed by atoms with E-state index < -0.39 is 16.7 Å². The van der Waals surface area contributed by atoms with Crippen LogP contribution in [0.1, 0.15) is 12.8 Å². The van der Waals surface area contributed by atoms with Crippen molar-refractivity contribution < 1.29 is 0 Å². The third-order valence-electron chi connectivity index (χ3n) is 4.78. The summed E-state index contributed by atoms with van der Waals surface area (Å²) in [5.41, 5.74) is 0. The molecule has 2 fully saturated rings. The van der Waals surface area contributed by atoms with Crippen LogP contribution in [0.2, 0.25) is 18.6 Å². The molecule has 110 valence electrons. The lowest BCUT2D eigenvalue weighted by molar-refractivity contribution is 0.877. The second-order valence-electron chi connectivity index (χ2n) is 6.66. The Morgan fingerprint density at radius 2 is 1.35 bits per heavy atom. The molecule has 0 spiro atoms. The largest absolute Gasteiger partial charge is 0.121 e. The summed E-state index contributed by atoms with van der Waals surface area (Å²) in [5.74, 6) is 0.864. The molecule has 0 bridgehead atoms. The fourth-order valence-electron chi connectivity index (χ4n) is 3.23. The Bertz CT molecular complexity index is 476. The van der Waals surface area contributed by atoms with Crippen LogP contribution in [0.15, 0.2) is 30.3 Å². The van der Waals surface area contributed by atoms with Crippen molar-refractivity contribution in [3.8, 4) is 0 Å². The van der Waals surface area contributed by atoms with E-state index in [0.29, 0.717) is 11.8 Å². The van der Waals surface area contributed by atoms with Gasteiger partial charge < -0.3 is 0 Å². The van der Waals surface area contributed by atoms with Gasteiger partial charge in [-0.05, 0) is 36.8 Å². The maximum absolute atomic E-state index is 6.24. The van der Waals surface area contributed by atoms with Crippen LogP contribution in [0.25, 0.3) is 0 Å². The standard InChI is InChI=1S/C15H18Cl4Si/c1-20(9-11-7-14(11,16)17,10-12-8-15(12,18)19)13-5-3-2-4-6-13/h2-6,11-12H,7-10H2,1H3. The van der Waals surface area contributed by atoms with Crippen LogP contribution >= 0.6 is 46.4 Å². The molecule has 0 saturated heterocycles. The van der Waals surface area contributed by atoms with E-state index in [9.17, 15) is 0 Å². The fourth-order valence-corrected chi connectivity index (χ4v) is 9.60. The van der Waals surface area contributed by atoms with Gasteiger partial charge >= 0.3 is 0 Å². The molecule has 1 aromatic carbocycles. The van der Waals surface area contributed by atoms with Crippen LogP contribution in [0, 0.1) is 11.8 Å². The quantitative estimate of drug-likeness (QED) is 0.485. The number of alkyl halides is 4. The number of benzene rings is 1. The van der Waals surface area contributed by atoms with Gasteiger partial charge in [-0.3, -0.25) is 0 Å². The van der Waals surface area contributed by atoms with Crippen molar-refractivity contribution in [2.75, 3.05) is 0 Å². The lowest BCUT2D eigenvalue weighted by Gasteiger charge is -2.29. The number of rotatable bonds is 5. The van der Waals surface area contributed by atoms with Crippen LogP contribution in [-0.4, -0.2) is 16.7 Å². The van der Waals surface area contributed by atoms with Crippen LogP contribution in [0.5, 0.6) is 0 Å². The summed E-state index contributed by atoms with van der Waals surface area (Å²) in [5, 5.41) is 1.46. The highest BCUT2D eigenvalue weighted by Gasteiger charge is 2.58. The maximum atomic E-state index is 6.24. The molecule has 3 rings (SSSR count). The number of hydrogen-bond acceptors (Lipinski definition) is 0. The summed E-state index contributed by atoms with van der Waals surface area (Å²) in [7, 11) is -1.64. The van der Waals surface area contributed by atoms with E-state index >= 15 is 0 Å². The lowest BCUT2D eigenvalue weighted by Crippen LogP contribution is -2.46. The Morgan fingerprint density at radius 3 is 1.70 bits per heavy atom. The molecule has 2 atom stereocenters. The van der Waals surface area contributed by atoms with E-state index in [2.05, 4.69) is 36.9 Å². The molecule has 5 heteroatoms. The van der Waals surface area contributed by atoms with Gasteiger partial charge in [-0.15, -0.1) is 46.4 Å². The molecular weight excluding hydrogens is 350 g/mol. The molecule has 0 heterocycles. The minimum absolute atomic E-state index is 0.432. The van der Waals surface area contributed by atoms with Crippen LogP contribution in [0.4, 0.5) is 0 Å². The van der Waals surface area contributed by atoms with Crippen molar-refractivity contribution in [3.63, 3.8) is 0 Å². The van der Waals surface area contributed by atoms with E-state index in [0.717, 1.165) is 24.9 Å². The lowest BCUT2D eigenvalue weighted by atomic mass is 10.4. The van der Waals surface area contributed by atoms with E-state index in [-0.39, 0.29) is 0 Å². The van der Waals surface area contributed by atoms with Gasteiger partial charge in [0, 0.05) is 0 Å². The summed E-state index contributed by atoms with van der Waals surface area (Å²) >= 11 is 25.0. The minimum Gasteiger partial charge on any atom is -0.101 e.